The highest BCUT2D eigenvalue weighted by Gasteiger charge is 2.44. The quantitative estimate of drug-likeness (QED) is 0.422. The third kappa shape index (κ3) is 7.15. The summed E-state index contributed by atoms with van der Waals surface area (Å²) in [6.45, 7) is 3.34. The number of aromatic nitrogens is 2. The van der Waals surface area contributed by atoms with Gasteiger partial charge in [-0.1, -0.05) is 25.2 Å². The number of imidazole rings is 1. The topological polar surface area (TPSA) is 158 Å². The van der Waals surface area contributed by atoms with Gasteiger partial charge in [0.05, 0.1) is 11.7 Å². The molecule has 2 unspecified atom stereocenters. The zero-order valence-corrected chi connectivity index (χ0v) is 15.5. The molecule has 2 atom stereocenters. The second-order valence-corrected chi connectivity index (χ2v) is 6.93. The second kappa shape index (κ2) is 10.0. The van der Waals surface area contributed by atoms with E-state index in [9.17, 15) is 22.8 Å². The lowest BCUT2D eigenvalue weighted by atomic mass is 9.69. The van der Waals surface area contributed by atoms with E-state index in [0.29, 0.717) is 6.42 Å². The van der Waals surface area contributed by atoms with E-state index in [1.165, 1.54) is 12.2 Å². The van der Waals surface area contributed by atoms with Crippen molar-refractivity contribution in [2.45, 2.75) is 25.8 Å². The lowest BCUT2D eigenvalue weighted by Gasteiger charge is -2.33. The van der Waals surface area contributed by atoms with Crippen molar-refractivity contribution in [2.24, 2.45) is 11.3 Å². The van der Waals surface area contributed by atoms with Crippen LogP contribution >= 0.6 is 0 Å². The van der Waals surface area contributed by atoms with Gasteiger partial charge in [0.2, 0.25) is 0 Å². The number of rotatable bonds is 3. The fraction of sp³-hybridized carbons (Fsp3) is 0.400. The Kier molecular flexibility index (Phi) is 9.08. The van der Waals surface area contributed by atoms with Gasteiger partial charge in [-0.3, -0.25) is 9.35 Å². The summed E-state index contributed by atoms with van der Waals surface area (Å²) in [7, 11) is -5.84. The SMILES string of the molecule is CCC1C(C(=O)O)=CC=CC1(C)C(=O)O.O=S(=O)(O)C(F)(F)F.c1c[nH]cn1. The number of allylic oxidation sites excluding steroid dienone is 2. The van der Waals surface area contributed by atoms with Crippen molar-refractivity contribution in [1.82, 2.24) is 9.97 Å². The van der Waals surface area contributed by atoms with Gasteiger partial charge >= 0.3 is 27.6 Å². The van der Waals surface area contributed by atoms with E-state index < -0.39 is 38.9 Å². The van der Waals surface area contributed by atoms with Crippen LogP contribution in [0.2, 0.25) is 0 Å². The lowest BCUT2D eigenvalue weighted by molar-refractivity contribution is -0.147. The number of nitrogens with zero attached hydrogens (tertiary/aromatic N) is 1. The molecule has 0 bridgehead atoms. The smallest absolute Gasteiger partial charge is 0.481 e. The Hall–Kier alpha value is -2.67. The van der Waals surface area contributed by atoms with Crippen molar-refractivity contribution in [3.8, 4) is 0 Å². The molecule has 2 rings (SSSR count). The molecule has 0 saturated heterocycles. The third-order valence-corrected chi connectivity index (χ3v) is 4.22. The average molecular weight is 428 g/mol. The summed E-state index contributed by atoms with van der Waals surface area (Å²) in [5, 5.41) is 18.1. The Balaban J connectivity index is 0.000000465. The fourth-order valence-electron chi connectivity index (χ4n) is 2.21. The number of carboxylic acids is 2. The van der Waals surface area contributed by atoms with E-state index in [1.807, 2.05) is 0 Å². The molecule has 0 aromatic carbocycles. The van der Waals surface area contributed by atoms with Gasteiger partial charge in [-0.05, 0) is 13.3 Å². The Bertz CT molecular complexity index is 800. The van der Waals surface area contributed by atoms with Crippen LogP contribution in [0.5, 0.6) is 0 Å². The fourth-order valence-corrected chi connectivity index (χ4v) is 2.21. The van der Waals surface area contributed by atoms with Gasteiger partial charge in [0.25, 0.3) is 0 Å². The molecule has 1 aromatic rings. The zero-order chi connectivity index (χ0) is 22.2. The molecule has 0 aliphatic heterocycles. The maximum atomic E-state index is 11.1. The number of halogens is 3. The summed E-state index contributed by atoms with van der Waals surface area (Å²) in [4.78, 5) is 28.5. The number of H-pyrrole nitrogens is 1. The third-order valence-electron chi connectivity index (χ3n) is 3.63. The van der Waals surface area contributed by atoms with Crippen LogP contribution in [0.1, 0.15) is 20.3 Å². The van der Waals surface area contributed by atoms with E-state index in [0.717, 1.165) is 0 Å². The summed E-state index contributed by atoms with van der Waals surface area (Å²) in [5.74, 6) is -2.51. The minimum atomic E-state index is -5.84. The lowest BCUT2D eigenvalue weighted by Crippen LogP contribution is -2.38. The van der Waals surface area contributed by atoms with Crippen molar-refractivity contribution in [3.05, 3.63) is 42.5 Å². The normalized spacial score (nSPS) is 21.4. The molecule has 0 amide bonds. The van der Waals surface area contributed by atoms with Gasteiger partial charge in [-0.2, -0.15) is 21.6 Å². The van der Waals surface area contributed by atoms with Gasteiger partial charge in [0, 0.05) is 23.9 Å². The predicted octanol–water partition coefficient (Wildman–Crippen LogP) is 2.49. The van der Waals surface area contributed by atoms with Crippen molar-refractivity contribution in [2.75, 3.05) is 0 Å². The van der Waals surface area contributed by atoms with Crippen LogP contribution in [0.4, 0.5) is 13.2 Å². The molecule has 1 aromatic heterocycles. The number of carboxylic acid groups (broad SMARTS) is 2. The van der Waals surface area contributed by atoms with E-state index in [1.54, 1.807) is 38.6 Å². The predicted molar refractivity (Wildman–Crippen MR) is 90.6 cm³/mol. The molecule has 0 fully saturated rings. The summed E-state index contributed by atoms with van der Waals surface area (Å²) in [6, 6.07) is 0. The van der Waals surface area contributed by atoms with E-state index in [4.69, 9.17) is 23.2 Å². The summed E-state index contributed by atoms with van der Waals surface area (Å²) in [6.07, 6.45) is 10.1. The van der Waals surface area contributed by atoms with Gasteiger partial charge in [-0.15, -0.1) is 0 Å². The number of aromatic amines is 1. The molecule has 9 nitrogen and oxygen atoms in total. The van der Waals surface area contributed by atoms with Crippen LogP contribution in [-0.2, 0) is 19.7 Å². The molecule has 13 heteroatoms. The largest absolute Gasteiger partial charge is 0.522 e. The summed E-state index contributed by atoms with van der Waals surface area (Å²) < 4.78 is 57.5. The van der Waals surface area contributed by atoms with Gasteiger partial charge in [0.1, 0.15) is 0 Å². The highest BCUT2D eigenvalue weighted by Crippen LogP contribution is 2.39. The van der Waals surface area contributed by atoms with E-state index in [2.05, 4.69) is 9.97 Å². The average Bonchev–Trinajstić information content (AvgIpc) is 3.12. The molecule has 158 valence electrons. The summed E-state index contributed by atoms with van der Waals surface area (Å²) in [5.41, 5.74) is -6.48. The van der Waals surface area contributed by atoms with Gasteiger partial charge in [-0.25, -0.2) is 9.78 Å². The number of nitrogens with one attached hydrogen (secondary N) is 1. The number of hydrogen-bond acceptors (Lipinski definition) is 5. The molecule has 0 radical (unpaired) electrons. The molecular formula is C15H19F3N2O7S. The molecule has 1 aliphatic carbocycles. The highest BCUT2D eigenvalue weighted by atomic mass is 32.2. The van der Waals surface area contributed by atoms with Crippen molar-refractivity contribution in [1.29, 1.82) is 0 Å². The van der Waals surface area contributed by atoms with Crippen LogP contribution in [0.25, 0.3) is 0 Å². The van der Waals surface area contributed by atoms with Crippen LogP contribution in [0, 0.1) is 11.3 Å². The molecule has 1 aliphatic rings. The van der Waals surface area contributed by atoms with Crippen molar-refractivity contribution < 1.29 is 45.9 Å². The standard InChI is InChI=1S/C11H14O4.C3H4N2.CHF3O3S/c1-3-8-7(9(12)13)5-4-6-11(8,2)10(14)15;1-2-5-3-4-1;2-1(3,4)8(5,6)7/h4-6,8H,3H2,1-2H3,(H,12,13)(H,14,15);1-3H,(H,4,5);(H,5,6,7). The monoisotopic (exact) mass is 428 g/mol. The van der Waals surface area contributed by atoms with Crippen molar-refractivity contribution >= 4 is 22.1 Å². The Morgan fingerprint density at radius 3 is 2.11 bits per heavy atom. The minimum absolute atomic E-state index is 0.171. The van der Waals surface area contributed by atoms with Gasteiger partial charge in [0.15, 0.2) is 0 Å². The highest BCUT2D eigenvalue weighted by molar-refractivity contribution is 7.86. The number of alkyl halides is 3. The Morgan fingerprint density at radius 1 is 1.32 bits per heavy atom. The Morgan fingerprint density at radius 2 is 1.86 bits per heavy atom. The number of hydrogen-bond donors (Lipinski definition) is 4. The molecule has 4 N–H and O–H groups in total. The maximum Gasteiger partial charge on any atom is 0.522 e. The molecule has 28 heavy (non-hydrogen) atoms. The zero-order valence-electron chi connectivity index (χ0n) is 14.7. The molecule has 1 heterocycles. The first-order valence-corrected chi connectivity index (χ1v) is 8.95. The van der Waals surface area contributed by atoms with Crippen LogP contribution in [0.15, 0.2) is 42.5 Å². The second-order valence-electron chi connectivity index (χ2n) is 5.52. The number of carbonyl (C=O) groups is 2. The van der Waals surface area contributed by atoms with E-state index in [-0.39, 0.29) is 5.57 Å². The first-order chi connectivity index (χ1) is 12.7. The van der Waals surface area contributed by atoms with Gasteiger partial charge < -0.3 is 15.2 Å². The Labute approximate surface area is 158 Å². The van der Waals surface area contributed by atoms with Crippen molar-refractivity contribution in [3.63, 3.8) is 0 Å². The first-order valence-electron chi connectivity index (χ1n) is 7.51. The maximum absolute atomic E-state index is 11.1. The molecule has 0 spiro atoms. The van der Waals surface area contributed by atoms with Crippen LogP contribution in [-0.4, -0.2) is 50.6 Å². The van der Waals surface area contributed by atoms with Crippen LogP contribution < -0.4 is 0 Å². The molecule has 0 saturated carbocycles. The van der Waals surface area contributed by atoms with Crippen LogP contribution in [0.3, 0.4) is 0 Å². The first kappa shape index (κ1) is 25.3. The number of aliphatic carboxylic acids is 2. The summed E-state index contributed by atoms with van der Waals surface area (Å²) >= 11 is 0. The minimum Gasteiger partial charge on any atom is -0.481 e. The molecular weight excluding hydrogens is 409 g/mol. The van der Waals surface area contributed by atoms with E-state index >= 15 is 0 Å².